The summed E-state index contributed by atoms with van der Waals surface area (Å²) in [5.74, 6) is -1.58. The van der Waals surface area contributed by atoms with Crippen molar-refractivity contribution < 1.29 is 32.2 Å². The van der Waals surface area contributed by atoms with Gasteiger partial charge < -0.3 is 24.6 Å². The maximum Gasteiger partial charge on any atom is 0.390 e. The molecule has 184 valence electrons. The Bertz CT molecular complexity index is 670. The van der Waals surface area contributed by atoms with Crippen LogP contribution in [0.3, 0.4) is 0 Å². The zero-order valence-electron chi connectivity index (χ0n) is 19.1. The third-order valence-electron chi connectivity index (χ3n) is 6.73. The number of carbonyl (C=O) groups is 2. The van der Waals surface area contributed by atoms with E-state index < -0.39 is 42.8 Å². The lowest BCUT2D eigenvalue weighted by Gasteiger charge is -2.49. The van der Waals surface area contributed by atoms with E-state index in [1.165, 1.54) is 0 Å². The number of nitrogens with zero attached hydrogens (tertiary/aromatic N) is 3. The van der Waals surface area contributed by atoms with E-state index in [0.717, 1.165) is 17.7 Å². The van der Waals surface area contributed by atoms with Crippen LogP contribution >= 0.6 is 0 Å². The minimum Gasteiger partial charge on any atom is -0.348 e. The fourth-order valence-electron chi connectivity index (χ4n) is 5.18. The molecule has 32 heavy (non-hydrogen) atoms. The molecule has 0 unspecified atom stereocenters. The average Bonchev–Trinajstić information content (AvgIpc) is 3.13. The Kier molecular flexibility index (Phi) is 8.06. The van der Waals surface area contributed by atoms with Gasteiger partial charge in [-0.05, 0) is 39.9 Å². The van der Waals surface area contributed by atoms with Gasteiger partial charge in [0.2, 0.25) is 5.91 Å². The fraction of sp³-hybridized carbons (Fsp3) is 0.905. The number of rotatable bonds is 6. The minimum absolute atomic E-state index is 0.121. The number of hydrogen-bond acceptors (Lipinski definition) is 6. The molecule has 2 saturated heterocycles. The van der Waals surface area contributed by atoms with Gasteiger partial charge in [-0.25, -0.2) is 4.79 Å². The number of halogens is 3. The number of likely N-dealkylation sites (tertiary alicyclic amines) is 1. The van der Waals surface area contributed by atoms with Crippen LogP contribution in [-0.2, 0) is 14.3 Å². The molecule has 3 atom stereocenters. The van der Waals surface area contributed by atoms with Crippen LogP contribution < -0.4 is 5.32 Å². The molecule has 0 bridgehead atoms. The zero-order chi connectivity index (χ0) is 23.5. The standard InChI is InChI=1S/C21H35F3N4O4/c1-26(2)9-7-25-19(30)28(8-6-21(22,23)24)18(29)16-12-15-13-20(31-10-11-32-20)5-4-17(15)27(3)14-16/h15-17H,4-14H2,1-3H3,(H,25,30)/t15-,16-,17-/m1/s1. The van der Waals surface area contributed by atoms with Crippen molar-refractivity contribution in [2.75, 3.05) is 60.5 Å². The van der Waals surface area contributed by atoms with Gasteiger partial charge in [-0.1, -0.05) is 0 Å². The quantitative estimate of drug-likeness (QED) is 0.647. The summed E-state index contributed by atoms with van der Waals surface area (Å²) in [5.41, 5.74) is 0. The summed E-state index contributed by atoms with van der Waals surface area (Å²) in [6.45, 7) is 1.60. The Morgan fingerprint density at radius 2 is 1.88 bits per heavy atom. The Hall–Kier alpha value is -1.43. The second-order valence-electron chi connectivity index (χ2n) is 9.44. The molecule has 0 aromatic rings. The maximum absolute atomic E-state index is 13.3. The molecule has 2 aliphatic heterocycles. The SMILES string of the molecule is CN(C)CCNC(=O)N(CCC(F)(F)F)C(=O)[C@@H]1C[C@@H]2CC3(CC[C@H]2N(C)C1)OCCO3. The molecule has 1 saturated carbocycles. The van der Waals surface area contributed by atoms with Crippen LogP contribution in [0.25, 0.3) is 0 Å². The molecular weight excluding hydrogens is 429 g/mol. The fourth-order valence-corrected chi connectivity index (χ4v) is 5.18. The number of urea groups is 1. The Morgan fingerprint density at radius 1 is 1.19 bits per heavy atom. The monoisotopic (exact) mass is 464 g/mol. The van der Waals surface area contributed by atoms with Gasteiger partial charge in [0.25, 0.3) is 0 Å². The summed E-state index contributed by atoms with van der Waals surface area (Å²) in [7, 11) is 5.58. The number of amides is 3. The largest absolute Gasteiger partial charge is 0.390 e. The lowest BCUT2D eigenvalue weighted by molar-refractivity contribution is -0.202. The summed E-state index contributed by atoms with van der Waals surface area (Å²) < 4.78 is 50.4. The number of likely N-dealkylation sites (N-methyl/N-ethyl adjacent to an activating group) is 1. The van der Waals surface area contributed by atoms with Crippen LogP contribution in [0, 0.1) is 11.8 Å². The Balaban J connectivity index is 1.68. The highest BCUT2D eigenvalue weighted by Gasteiger charge is 2.49. The van der Waals surface area contributed by atoms with Gasteiger partial charge in [-0.2, -0.15) is 13.2 Å². The molecule has 1 N–H and O–H groups in total. The normalized spacial score (nSPS) is 28.0. The predicted molar refractivity (Wildman–Crippen MR) is 111 cm³/mol. The van der Waals surface area contributed by atoms with Gasteiger partial charge >= 0.3 is 12.2 Å². The van der Waals surface area contributed by atoms with Crippen molar-refractivity contribution in [2.45, 2.75) is 50.1 Å². The zero-order valence-corrected chi connectivity index (χ0v) is 19.1. The highest BCUT2D eigenvalue weighted by atomic mass is 19.4. The summed E-state index contributed by atoms with van der Waals surface area (Å²) in [6.07, 6.45) is -2.84. The molecule has 1 spiro atoms. The number of fused-ring (bicyclic) bond motifs is 1. The average molecular weight is 465 g/mol. The molecule has 8 nitrogen and oxygen atoms in total. The molecule has 3 fully saturated rings. The number of ether oxygens (including phenoxy) is 2. The van der Waals surface area contributed by atoms with Crippen molar-refractivity contribution in [3.05, 3.63) is 0 Å². The lowest BCUT2D eigenvalue weighted by atomic mass is 9.72. The van der Waals surface area contributed by atoms with E-state index in [1.807, 2.05) is 26.0 Å². The Labute approximate surface area is 187 Å². The van der Waals surface area contributed by atoms with Crippen LogP contribution in [0.15, 0.2) is 0 Å². The molecule has 0 aromatic heterocycles. The molecule has 1 aliphatic carbocycles. The van der Waals surface area contributed by atoms with Crippen LogP contribution in [0.2, 0.25) is 0 Å². The highest BCUT2D eigenvalue weighted by molar-refractivity contribution is 5.95. The van der Waals surface area contributed by atoms with Crippen LogP contribution in [0.5, 0.6) is 0 Å². The smallest absolute Gasteiger partial charge is 0.348 e. The number of imide groups is 1. The predicted octanol–water partition coefficient (Wildman–Crippen LogP) is 1.90. The number of piperidine rings is 1. The number of hydrogen-bond donors (Lipinski definition) is 1. The highest BCUT2D eigenvalue weighted by Crippen LogP contribution is 2.45. The van der Waals surface area contributed by atoms with Crippen molar-refractivity contribution in [3.63, 3.8) is 0 Å². The van der Waals surface area contributed by atoms with E-state index in [9.17, 15) is 22.8 Å². The topological polar surface area (TPSA) is 74.4 Å². The van der Waals surface area contributed by atoms with Crippen molar-refractivity contribution >= 4 is 11.9 Å². The third-order valence-corrected chi connectivity index (χ3v) is 6.73. The first kappa shape index (κ1) is 25.2. The van der Waals surface area contributed by atoms with Crippen LogP contribution in [0.4, 0.5) is 18.0 Å². The number of carbonyl (C=O) groups excluding carboxylic acids is 2. The van der Waals surface area contributed by atoms with Gasteiger partial charge in [0.05, 0.1) is 25.6 Å². The van der Waals surface area contributed by atoms with Crippen LogP contribution in [0.1, 0.15) is 32.1 Å². The second kappa shape index (κ2) is 10.2. The summed E-state index contributed by atoms with van der Waals surface area (Å²) in [5, 5.41) is 2.58. The van der Waals surface area contributed by atoms with Crippen LogP contribution in [-0.4, -0.2) is 105 Å². The van der Waals surface area contributed by atoms with Gasteiger partial charge in [0.15, 0.2) is 5.79 Å². The van der Waals surface area contributed by atoms with Gasteiger partial charge in [0.1, 0.15) is 0 Å². The van der Waals surface area contributed by atoms with E-state index >= 15 is 0 Å². The van der Waals surface area contributed by atoms with E-state index in [2.05, 4.69) is 10.2 Å². The molecule has 3 amide bonds. The molecule has 11 heteroatoms. The molecule has 0 radical (unpaired) electrons. The first-order valence-corrected chi connectivity index (χ1v) is 11.3. The van der Waals surface area contributed by atoms with Gasteiger partial charge in [-0.3, -0.25) is 9.69 Å². The maximum atomic E-state index is 13.3. The van der Waals surface area contributed by atoms with E-state index in [0.29, 0.717) is 39.1 Å². The minimum atomic E-state index is -4.45. The second-order valence-corrected chi connectivity index (χ2v) is 9.44. The van der Waals surface area contributed by atoms with Gasteiger partial charge in [-0.15, -0.1) is 0 Å². The van der Waals surface area contributed by atoms with E-state index in [-0.39, 0.29) is 18.5 Å². The summed E-state index contributed by atoms with van der Waals surface area (Å²) in [4.78, 5) is 30.6. The van der Waals surface area contributed by atoms with E-state index in [1.54, 1.807) is 0 Å². The number of alkyl halides is 3. The summed E-state index contributed by atoms with van der Waals surface area (Å²) in [6, 6.07) is -0.497. The van der Waals surface area contributed by atoms with Crippen molar-refractivity contribution in [2.24, 2.45) is 11.8 Å². The molecule has 0 aromatic carbocycles. The molecule has 3 aliphatic rings. The molecule has 2 heterocycles. The number of nitrogens with one attached hydrogen (secondary N) is 1. The Morgan fingerprint density at radius 3 is 2.50 bits per heavy atom. The summed E-state index contributed by atoms with van der Waals surface area (Å²) >= 11 is 0. The van der Waals surface area contributed by atoms with Crippen molar-refractivity contribution in [1.82, 2.24) is 20.0 Å². The third kappa shape index (κ3) is 6.33. The lowest BCUT2D eigenvalue weighted by Crippen LogP contribution is -2.57. The van der Waals surface area contributed by atoms with E-state index in [4.69, 9.17) is 9.47 Å². The van der Waals surface area contributed by atoms with Crippen molar-refractivity contribution in [3.8, 4) is 0 Å². The van der Waals surface area contributed by atoms with Gasteiger partial charge in [0, 0.05) is 45.1 Å². The first-order valence-electron chi connectivity index (χ1n) is 11.3. The first-order chi connectivity index (χ1) is 15.0. The molecule has 3 rings (SSSR count). The molecular formula is C21H35F3N4O4. The van der Waals surface area contributed by atoms with Crippen molar-refractivity contribution in [1.29, 1.82) is 0 Å².